The molecule has 1 saturated carbocycles. The molecule has 0 saturated heterocycles. The summed E-state index contributed by atoms with van der Waals surface area (Å²) < 4.78 is 2.68. The maximum Gasteiger partial charge on any atom is 0.404 e. The number of hydrogen-bond donors (Lipinski definition) is 3. The van der Waals surface area contributed by atoms with Crippen LogP contribution in [0, 0.1) is 0 Å². The van der Waals surface area contributed by atoms with E-state index in [-0.39, 0.29) is 11.9 Å². The first-order chi connectivity index (χ1) is 16.9. The van der Waals surface area contributed by atoms with Crippen molar-refractivity contribution in [3.8, 4) is 5.69 Å². The van der Waals surface area contributed by atoms with Gasteiger partial charge in [-0.2, -0.15) is 4.98 Å². The normalized spacial score (nSPS) is 17.8. The summed E-state index contributed by atoms with van der Waals surface area (Å²) in [5.74, 6) is 0.161. The van der Waals surface area contributed by atoms with Crippen molar-refractivity contribution in [2.45, 2.75) is 51.2 Å². The molecule has 2 aromatic heterocycles. The lowest BCUT2D eigenvalue weighted by Gasteiger charge is -2.36. The van der Waals surface area contributed by atoms with E-state index in [1.807, 2.05) is 24.3 Å². The average Bonchev–Trinajstić information content (AvgIpc) is 3.39. The van der Waals surface area contributed by atoms with Gasteiger partial charge < -0.3 is 10.4 Å². The van der Waals surface area contributed by atoms with Crippen molar-refractivity contribution in [1.29, 1.82) is 0 Å². The maximum atomic E-state index is 12.5. The molecule has 0 atom stereocenters. The monoisotopic (exact) mass is 479 g/mol. The maximum absolute atomic E-state index is 12.5. The highest BCUT2D eigenvalue weighted by atomic mass is 16.4. The Hall–Kier alpha value is -3.99. The lowest BCUT2D eigenvalue weighted by Crippen LogP contribution is -2.43. The third-order valence-corrected chi connectivity index (χ3v) is 6.32. The predicted molar refractivity (Wildman–Crippen MR) is 130 cm³/mol. The second-order valence-electron chi connectivity index (χ2n) is 8.55. The molecule has 0 spiro atoms. The smallest absolute Gasteiger partial charge is 0.404 e. The lowest BCUT2D eigenvalue weighted by atomic mass is 9.90. The van der Waals surface area contributed by atoms with Crippen LogP contribution in [-0.2, 0) is 6.54 Å². The van der Waals surface area contributed by atoms with E-state index < -0.39 is 17.8 Å². The minimum absolute atomic E-state index is 0.0410. The van der Waals surface area contributed by atoms with Crippen molar-refractivity contribution in [2.24, 2.45) is 0 Å². The van der Waals surface area contributed by atoms with Gasteiger partial charge in [-0.25, -0.2) is 19.4 Å². The zero-order chi connectivity index (χ0) is 24.8. The molecule has 0 radical (unpaired) electrons. The van der Waals surface area contributed by atoms with Crippen LogP contribution in [0.1, 0.15) is 38.2 Å². The Morgan fingerprint density at radius 2 is 1.86 bits per heavy atom. The quantitative estimate of drug-likeness (QED) is 0.474. The fourth-order valence-electron chi connectivity index (χ4n) is 4.48. The minimum Gasteiger partial charge on any atom is -0.465 e. The summed E-state index contributed by atoms with van der Waals surface area (Å²) in [5.41, 5.74) is 1.32. The first kappa shape index (κ1) is 24.1. The molecule has 0 bridgehead atoms. The molecule has 2 amide bonds. The molecule has 11 heteroatoms. The Labute approximate surface area is 202 Å². The first-order valence-electron chi connectivity index (χ1n) is 11.6. The summed E-state index contributed by atoms with van der Waals surface area (Å²) >= 11 is 0. The van der Waals surface area contributed by atoms with Crippen molar-refractivity contribution in [3.05, 3.63) is 71.3 Å². The molecule has 4 rings (SSSR count). The summed E-state index contributed by atoms with van der Waals surface area (Å²) in [7, 11) is 0. The fourth-order valence-corrected chi connectivity index (χ4v) is 4.48. The van der Waals surface area contributed by atoms with Crippen LogP contribution in [0.4, 0.5) is 15.4 Å². The summed E-state index contributed by atoms with van der Waals surface area (Å²) in [4.78, 5) is 45.7. The predicted octanol–water partition coefficient (Wildman–Crippen LogP) is 2.91. The number of imidazole rings is 1. The van der Waals surface area contributed by atoms with Gasteiger partial charge in [-0.1, -0.05) is 19.1 Å². The molecule has 11 nitrogen and oxygen atoms in total. The van der Waals surface area contributed by atoms with E-state index in [2.05, 4.69) is 32.4 Å². The first-order valence-corrected chi connectivity index (χ1v) is 11.6. The second-order valence-corrected chi connectivity index (χ2v) is 8.55. The number of aromatic nitrogens is 4. The van der Waals surface area contributed by atoms with Crippen molar-refractivity contribution in [1.82, 2.24) is 29.3 Å². The van der Waals surface area contributed by atoms with E-state index in [0.717, 1.165) is 44.3 Å². The van der Waals surface area contributed by atoms with Gasteiger partial charge in [-0.05, 0) is 56.0 Å². The van der Waals surface area contributed by atoms with E-state index in [9.17, 15) is 14.4 Å². The van der Waals surface area contributed by atoms with Crippen LogP contribution in [-0.4, -0.2) is 59.9 Å². The molecule has 2 heterocycles. The van der Waals surface area contributed by atoms with E-state index in [4.69, 9.17) is 5.11 Å². The number of nitrogens with one attached hydrogen (secondary N) is 2. The standard InChI is InChI=1S/C24H29N7O4/c1-2-29(19-9-5-18(6-10-19)26-24(34)35)15-17-3-7-20(8-4-17)31-13-11-21(28-23(31)33)27-22(32)30-14-12-25-16-30/h3-4,7-8,11-14,16,18-19,26H,2,5-6,9-10,15H2,1H3,(H,34,35)(H,27,28,32,33)/t18-,19-. The number of carboxylic acid groups (broad SMARTS) is 1. The van der Waals surface area contributed by atoms with Crippen molar-refractivity contribution < 1.29 is 14.7 Å². The number of carbonyl (C=O) groups excluding carboxylic acids is 1. The molecule has 35 heavy (non-hydrogen) atoms. The number of carbonyl (C=O) groups is 2. The van der Waals surface area contributed by atoms with Gasteiger partial charge in [-0.15, -0.1) is 0 Å². The number of rotatable bonds is 7. The van der Waals surface area contributed by atoms with Gasteiger partial charge in [0.25, 0.3) is 0 Å². The molecule has 0 aliphatic heterocycles. The number of hydrogen-bond acceptors (Lipinski definition) is 6. The minimum atomic E-state index is -0.955. The van der Waals surface area contributed by atoms with Crippen LogP contribution >= 0.6 is 0 Å². The Morgan fingerprint density at radius 3 is 2.46 bits per heavy atom. The lowest BCUT2D eigenvalue weighted by molar-refractivity contribution is 0.138. The van der Waals surface area contributed by atoms with E-state index in [0.29, 0.717) is 11.7 Å². The molecular weight excluding hydrogens is 450 g/mol. The molecule has 1 aliphatic carbocycles. The summed E-state index contributed by atoms with van der Waals surface area (Å²) in [6.45, 7) is 3.82. The number of anilines is 1. The zero-order valence-electron chi connectivity index (χ0n) is 19.5. The number of benzene rings is 1. The Balaban J connectivity index is 1.37. The third kappa shape index (κ3) is 6.12. The van der Waals surface area contributed by atoms with E-state index in [1.54, 1.807) is 12.3 Å². The highest BCUT2D eigenvalue weighted by Gasteiger charge is 2.26. The van der Waals surface area contributed by atoms with E-state index >= 15 is 0 Å². The highest BCUT2D eigenvalue weighted by Crippen LogP contribution is 2.25. The van der Waals surface area contributed by atoms with Crippen molar-refractivity contribution >= 4 is 17.9 Å². The largest absolute Gasteiger partial charge is 0.465 e. The van der Waals surface area contributed by atoms with Crippen LogP contribution in [0.5, 0.6) is 0 Å². The van der Waals surface area contributed by atoms with Crippen LogP contribution in [0.15, 0.2) is 60.0 Å². The molecule has 0 unspecified atom stereocenters. The van der Waals surface area contributed by atoms with E-state index in [1.165, 1.54) is 27.9 Å². The Morgan fingerprint density at radius 1 is 1.11 bits per heavy atom. The summed E-state index contributed by atoms with van der Waals surface area (Å²) in [6.07, 6.45) is 8.59. The van der Waals surface area contributed by atoms with Crippen LogP contribution in [0.3, 0.4) is 0 Å². The van der Waals surface area contributed by atoms with Gasteiger partial charge in [0, 0.05) is 37.2 Å². The van der Waals surface area contributed by atoms with Gasteiger partial charge in [0.15, 0.2) is 0 Å². The fraction of sp³-hybridized carbons (Fsp3) is 0.375. The van der Waals surface area contributed by atoms with Gasteiger partial charge in [0.05, 0.1) is 5.69 Å². The van der Waals surface area contributed by atoms with Gasteiger partial charge in [-0.3, -0.25) is 19.4 Å². The Kier molecular flexibility index (Phi) is 7.56. The molecular formula is C24H29N7O4. The van der Waals surface area contributed by atoms with Crippen LogP contribution in [0.25, 0.3) is 5.69 Å². The van der Waals surface area contributed by atoms with Crippen molar-refractivity contribution in [2.75, 3.05) is 11.9 Å². The third-order valence-electron chi connectivity index (χ3n) is 6.32. The molecule has 1 fully saturated rings. The van der Waals surface area contributed by atoms with Crippen molar-refractivity contribution in [3.63, 3.8) is 0 Å². The molecule has 3 N–H and O–H groups in total. The number of nitrogens with zero attached hydrogens (tertiary/aromatic N) is 5. The van der Waals surface area contributed by atoms with Gasteiger partial charge in [0.2, 0.25) is 0 Å². The number of amides is 2. The van der Waals surface area contributed by atoms with Gasteiger partial charge >= 0.3 is 17.8 Å². The van der Waals surface area contributed by atoms with Gasteiger partial charge in [0.1, 0.15) is 12.1 Å². The van der Waals surface area contributed by atoms with Crippen LogP contribution in [0.2, 0.25) is 0 Å². The molecule has 1 aliphatic rings. The molecule has 1 aromatic carbocycles. The highest BCUT2D eigenvalue weighted by molar-refractivity contribution is 5.89. The average molecular weight is 480 g/mol. The Bertz CT molecular complexity index is 1200. The zero-order valence-corrected chi connectivity index (χ0v) is 19.5. The molecule has 3 aromatic rings. The van der Waals surface area contributed by atoms with Crippen LogP contribution < -0.4 is 16.3 Å². The molecule has 184 valence electrons. The summed E-state index contributed by atoms with van der Waals surface area (Å²) in [6, 6.07) is 9.32. The SMILES string of the molecule is CCN(Cc1ccc(-n2ccc(NC(=O)n3ccnc3)nc2=O)cc1)[C@H]1CC[C@H](NC(=O)O)CC1. The topological polar surface area (TPSA) is 134 Å². The summed E-state index contributed by atoms with van der Waals surface area (Å²) in [5, 5.41) is 14.1. The second kappa shape index (κ2) is 11.0.